The lowest BCUT2D eigenvalue weighted by molar-refractivity contribution is 0.174. The van der Waals surface area contributed by atoms with Gasteiger partial charge in [0.25, 0.3) is 0 Å². The van der Waals surface area contributed by atoms with Crippen molar-refractivity contribution in [2.45, 2.75) is 24.7 Å². The van der Waals surface area contributed by atoms with Crippen molar-refractivity contribution in [3.05, 3.63) is 59.4 Å². The SMILES string of the molecule is CN=C(NCCc1ccc2c(c1)OCO2)NCC1(c2ccc(F)cc2)CC1.I. The maximum Gasteiger partial charge on any atom is 0.231 e. The van der Waals surface area contributed by atoms with Crippen molar-refractivity contribution in [3.63, 3.8) is 0 Å². The predicted molar refractivity (Wildman–Crippen MR) is 118 cm³/mol. The largest absolute Gasteiger partial charge is 0.454 e. The Bertz CT molecular complexity index is 838. The van der Waals surface area contributed by atoms with Gasteiger partial charge in [0.2, 0.25) is 6.79 Å². The zero-order valence-electron chi connectivity index (χ0n) is 15.8. The number of guanidine groups is 1. The molecule has 0 amide bonds. The van der Waals surface area contributed by atoms with Crippen LogP contribution in [0.5, 0.6) is 11.5 Å². The van der Waals surface area contributed by atoms with Gasteiger partial charge in [0.1, 0.15) is 5.82 Å². The van der Waals surface area contributed by atoms with Gasteiger partial charge in [-0.1, -0.05) is 18.2 Å². The Balaban J connectivity index is 0.00000225. The molecule has 0 saturated heterocycles. The fraction of sp³-hybridized carbons (Fsp3) is 0.381. The molecule has 1 saturated carbocycles. The van der Waals surface area contributed by atoms with Gasteiger partial charge in [0.05, 0.1) is 0 Å². The van der Waals surface area contributed by atoms with Crippen molar-refractivity contribution in [2.24, 2.45) is 4.99 Å². The first-order valence-electron chi connectivity index (χ1n) is 9.28. The van der Waals surface area contributed by atoms with E-state index in [2.05, 4.69) is 21.7 Å². The molecule has 0 radical (unpaired) electrons. The number of nitrogens with one attached hydrogen (secondary N) is 2. The van der Waals surface area contributed by atoms with Crippen LogP contribution in [0, 0.1) is 5.82 Å². The van der Waals surface area contributed by atoms with Crippen LogP contribution in [-0.4, -0.2) is 32.9 Å². The van der Waals surface area contributed by atoms with Gasteiger partial charge in [-0.3, -0.25) is 4.99 Å². The summed E-state index contributed by atoms with van der Waals surface area (Å²) in [5.41, 5.74) is 2.47. The fourth-order valence-corrected chi connectivity index (χ4v) is 3.42. The van der Waals surface area contributed by atoms with E-state index >= 15 is 0 Å². The highest BCUT2D eigenvalue weighted by Gasteiger charge is 2.44. The van der Waals surface area contributed by atoms with E-state index in [4.69, 9.17) is 9.47 Å². The molecule has 0 unspecified atom stereocenters. The molecule has 2 aromatic rings. The van der Waals surface area contributed by atoms with E-state index < -0.39 is 0 Å². The maximum absolute atomic E-state index is 13.2. The number of hydrogen-bond acceptors (Lipinski definition) is 3. The summed E-state index contributed by atoms with van der Waals surface area (Å²) in [5, 5.41) is 6.77. The Morgan fingerprint density at radius 1 is 1.07 bits per heavy atom. The van der Waals surface area contributed by atoms with Gasteiger partial charge in [-0.05, 0) is 54.7 Å². The fourth-order valence-electron chi connectivity index (χ4n) is 3.42. The lowest BCUT2D eigenvalue weighted by Crippen LogP contribution is -2.41. The van der Waals surface area contributed by atoms with Crippen LogP contribution in [0.25, 0.3) is 0 Å². The Morgan fingerprint density at radius 2 is 1.82 bits per heavy atom. The summed E-state index contributed by atoms with van der Waals surface area (Å²) >= 11 is 0. The van der Waals surface area contributed by atoms with E-state index in [1.807, 2.05) is 24.3 Å². The zero-order valence-corrected chi connectivity index (χ0v) is 18.2. The van der Waals surface area contributed by atoms with E-state index in [1.165, 1.54) is 23.3 Å². The summed E-state index contributed by atoms with van der Waals surface area (Å²) in [5.74, 6) is 2.21. The maximum atomic E-state index is 13.2. The van der Waals surface area contributed by atoms with Crippen LogP contribution in [-0.2, 0) is 11.8 Å². The van der Waals surface area contributed by atoms with Crippen molar-refractivity contribution in [1.29, 1.82) is 0 Å². The van der Waals surface area contributed by atoms with E-state index in [0.29, 0.717) is 6.79 Å². The van der Waals surface area contributed by atoms with E-state index in [9.17, 15) is 4.39 Å². The lowest BCUT2D eigenvalue weighted by Gasteiger charge is -2.19. The van der Waals surface area contributed by atoms with Crippen LogP contribution in [0.3, 0.4) is 0 Å². The molecule has 0 aromatic heterocycles. The summed E-state index contributed by atoms with van der Waals surface area (Å²) < 4.78 is 23.9. The Kier molecular flexibility index (Phi) is 6.64. The standard InChI is InChI=1S/C21H24FN3O2.HI/c1-23-20(24-11-8-15-2-7-18-19(12-15)27-14-26-18)25-13-21(9-10-21)16-3-5-17(22)6-4-16;/h2-7,12H,8-11,13-14H2,1H3,(H2,23,24,25);1H. The highest BCUT2D eigenvalue weighted by Crippen LogP contribution is 2.47. The van der Waals surface area contributed by atoms with Crippen LogP contribution in [0.2, 0.25) is 0 Å². The molecule has 7 heteroatoms. The highest BCUT2D eigenvalue weighted by atomic mass is 127. The first kappa shape index (κ1) is 20.7. The molecule has 1 aliphatic carbocycles. The second-order valence-corrected chi connectivity index (χ2v) is 7.08. The first-order valence-corrected chi connectivity index (χ1v) is 9.28. The molecule has 5 nitrogen and oxygen atoms in total. The number of aliphatic imine (C=N–C) groups is 1. The average molecular weight is 497 g/mol. The quantitative estimate of drug-likeness (QED) is 0.364. The second kappa shape index (κ2) is 8.98. The van der Waals surface area contributed by atoms with Crippen LogP contribution in [0.1, 0.15) is 24.0 Å². The van der Waals surface area contributed by atoms with Gasteiger partial charge in [-0.15, -0.1) is 24.0 Å². The third-order valence-electron chi connectivity index (χ3n) is 5.27. The lowest BCUT2D eigenvalue weighted by atomic mass is 9.96. The highest BCUT2D eigenvalue weighted by molar-refractivity contribution is 14.0. The molecule has 1 fully saturated rings. The second-order valence-electron chi connectivity index (χ2n) is 7.08. The van der Waals surface area contributed by atoms with Crippen LogP contribution in [0.15, 0.2) is 47.5 Å². The number of ether oxygens (including phenoxy) is 2. The Hall–Kier alpha value is -2.03. The zero-order chi connectivity index (χ0) is 18.7. The molecule has 0 bridgehead atoms. The molecule has 2 N–H and O–H groups in total. The molecule has 28 heavy (non-hydrogen) atoms. The molecular formula is C21H25FIN3O2. The summed E-state index contributed by atoms with van der Waals surface area (Å²) in [6.07, 6.45) is 3.08. The summed E-state index contributed by atoms with van der Waals surface area (Å²) in [6.45, 7) is 1.86. The molecule has 1 aliphatic heterocycles. The van der Waals surface area contributed by atoms with Gasteiger partial charge in [-0.25, -0.2) is 4.39 Å². The minimum atomic E-state index is -0.191. The van der Waals surface area contributed by atoms with Crippen molar-refractivity contribution >= 4 is 29.9 Å². The molecule has 2 aromatic carbocycles. The predicted octanol–water partition coefficient (Wildman–Crippen LogP) is 3.61. The summed E-state index contributed by atoms with van der Waals surface area (Å²) in [4.78, 5) is 4.31. The van der Waals surface area contributed by atoms with Crippen molar-refractivity contribution in [1.82, 2.24) is 10.6 Å². The third kappa shape index (κ3) is 4.68. The number of halogens is 2. The van der Waals surface area contributed by atoms with Crippen LogP contribution < -0.4 is 20.1 Å². The summed E-state index contributed by atoms with van der Waals surface area (Å²) in [6, 6.07) is 12.9. The molecule has 1 heterocycles. The molecule has 0 spiro atoms. The number of hydrogen-bond donors (Lipinski definition) is 2. The van der Waals surface area contributed by atoms with E-state index in [1.54, 1.807) is 7.05 Å². The van der Waals surface area contributed by atoms with Crippen LogP contribution >= 0.6 is 24.0 Å². The minimum Gasteiger partial charge on any atom is -0.454 e. The van der Waals surface area contributed by atoms with Crippen molar-refractivity contribution in [2.75, 3.05) is 26.9 Å². The average Bonchev–Trinajstić information content (AvgIpc) is 3.33. The minimum absolute atomic E-state index is 0. The number of benzene rings is 2. The van der Waals surface area contributed by atoms with Gasteiger partial charge >= 0.3 is 0 Å². The normalized spacial score (nSPS) is 16.3. The van der Waals surface area contributed by atoms with Gasteiger partial charge in [0.15, 0.2) is 17.5 Å². The number of nitrogens with zero attached hydrogens (tertiary/aromatic N) is 1. The molecule has 2 aliphatic rings. The Labute approximate surface area is 181 Å². The molecular weight excluding hydrogens is 472 g/mol. The van der Waals surface area contributed by atoms with Crippen molar-refractivity contribution < 1.29 is 13.9 Å². The van der Waals surface area contributed by atoms with E-state index in [0.717, 1.165) is 49.8 Å². The number of fused-ring (bicyclic) bond motifs is 1. The molecule has 4 rings (SSSR count). The monoisotopic (exact) mass is 497 g/mol. The smallest absolute Gasteiger partial charge is 0.231 e. The van der Waals surface area contributed by atoms with Crippen molar-refractivity contribution in [3.8, 4) is 11.5 Å². The summed E-state index contributed by atoms with van der Waals surface area (Å²) in [7, 11) is 1.77. The topological polar surface area (TPSA) is 54.9 Å². The van der Waals surface area contributed by atoms with E-state index in [-0.39, 0.29) is 35.2 Å². The molecule has 150 valence electrons. The Morgan fingerprint density at radius 3 is 2.54 bits per heavy atom. The third-order valence-corrected chi connectivity index (χ3v) is 5.27. The number of rotatable bonds is 6. The molecule has 0 atom stereocenters. The van der Waals surface area contributed by atoms with Gasteiger partial charge in [-0.2, -0.15) is 0 Å². The van der Waals surface area contributed by atoms with Gasteiger partial charge in [0, 0.05) is 25.6 Å². The van der Waals surface area contributed by atoms with Gasteiger partial charge < -0.3 is 20.1 Å². The first-order chi connectivity index (χ1) is 13.2. The van der Waals surface area contributed by atoms with Crippen LogP contribution in [0.4, 0.5) is 4.39 Å².